The number of anilines is 1. The van der Waals surface area contributed by atoms with Gasteiger partial charge in [-0.15, -0.1) is 0 Å². The van der Waals surface area contributed by atoms with E-state index < -0.39 is 11.7 Å². The summed E-state index contributed by atoms with van der Waals surface area (Å²) < 4.78 is 24.3. The first-order chi connectivity index (χ1) is 13.6. The normalized spacial score (nSPS) is 10.8. The van der Waals surface area contributed by atoms with E-state index in [1.807, 2.05) is 12.1 Å². The largest absolute Gasteiger partial charge is 0.461 e. The molecule has 1 N–H and O–H groups in total. The molecule has 0 aliphatic heterocycles. The lowest BCUT2D eigenvalue weighted by atomic mass is 10.1. The Morgan fingerprint density at radius 1 is 1.14 bits per heavy atom. The van der Waals surface area contributed by atoms with Gasteiger partial charge in [-0.25, -0.2) is 4.39 Å². The zero-order valence-electron chi connectivity index (χ0n) is 15.0. The van der Waals surface area contributed by atoms with Gasteiger partial charge in [0.25, 0.3) is 5.91 Å². The van der Waals surface area contributed by atoms with E-state index in [0.717, 1.165) is 5.56 Å². The number of furan rings is 1. The Kier molecular flexibility index (Phi) is 4.72. The van der Waals surface area contributed by atoms with Gasteiger partial charge in [0, 0.05) is 11.3 Å². The van der Waals surface area contributed by atoms with Crippen LogP contribution < -0.4 is 5.32 Å². The molecule has 2 heterocycles. The van der Waals surface area contributed by atoms with Gasteiger partial charge in [-0.3, -0.25) is 4.79 Å². The number of carbonyl (C=O) groups is 1. The average Bonchev–Trinajstić information content (AvgIpc) is 3.37. The molecule has 2 aromatic carbocycles. The van der Waals surface area contributed by atoms with Crippen molar-refractivity contribution >= 4 is 11.6 Å². The molecule has 0 saturated heterocycles. The number of carbonyl (C=O) groups excluding carboxylic acids is 1. The van der Waals surface area contributed by atoms with Crippen LogP contribution in [0, 0.1) is 12.7 Å². The summed E-state index contributed by atoms with van der Waals surface area (Å²) in [7, 11) is 0. The predicted octanol–water partition coefficient (Wildman–Crippen LogP) is 4.62. The molecule has 0 atom stereocenters. The standard InChI is InChI=1S/C21H16FN3O3/c1-13-8-9-15(11-16(13)22)21(26)23-17-6-3-2-5-14(17)12-19-24-20(25-28-19)18-7-4-10-27-18/h2-11H,12H2,1H3,(H,23,26). The Hall–Kier alpha value is -3.74. The quantitative estimate of drug-likeness (QED) is 0.549. The molecule has 0 aliphatic carbocycles. The number of halogens is 1. The van der Waals surface area contributed by atoms with Gasteiger partial charge < -0.3 is 14.3 Å². The highest BCUT2D eigenvalue weighted by Gasteiger charge is 2.15. The Labute approximate surface area is 160 Å². The Morgan fingerprint density at radius 2 is 2.00 bits per heavy atom. The highest BCUT2D eigenvalue weighted by molar-refractivity contribution is 6.04. The molecule has 0 fully saturated rings. The average molecular weight is 377 g/mol. The summed E-state index contributed by atoms with van der Waals surface area (Å²) >= 11 is 0. The smallest absolute Gasteiger partial charge is 0.255 e. The third kappa shape index (κ3) is 3.68. The summed E-state index contributed by atoms with van der Waals surface area (Å²) in [6, 6.07) is 15.1. The minimum absolute atomic E-state index is 0.246. The van der Waals surface area contributed by atoms with Crippen LogP contribution in [0.15, 0.2) is 69.8 Å². The van der Waals surface area contributed by atoms with Gasteiger partial charge in [0.05, 0.1) is 12.7 Å². The second kappa shape index (κ2) is 7.48. The van der Waals surface area contributed by atoms with E-state index in [2.05, 4.69) is 15.5 Å². The Bertz CT molecular complexity index is 1120. The summed E-state index contributed by atoms with van der Waals surface area (Å²) in [5.41, 5.74) is 2.11. The van der Waals surface area contributed by atoms with Gasteiger partial charge in [0.15, 0.2) is 5.76 Å². The Balaban J connectivity index is 1.54. The maximum Gasteiger partial charge on any atom is 0.255 e. The number of nitrogens with one attached hydrogen (secondary N) is 1. The number of nitrogens with zero attached hydrogens (tertiary/aromatic N) is 2. The maximum absolute atomic E-state index is 13.7. The Morgan fingerprint density at radius 3 is 2.79 bits per heavy atom. The third-order valence-corrected chi connectivity index (χ3v) is 4.25. The molecular weight excluding hydrogens is 361 g/mol. The van der Waals surface area contributed by atoms with Gasteiger partial charge in [-0.05, 0) is 48.4 Å². The van der Waals surface area contributed by atoms with Crippen LogP contribution >= 0.6 is 0 Å². The van der Waals surface area contributed by atoms with E-state index >= 15 is 0 Å². The number of aromatic nitrogens is 2. The first-order valence-electron chi connectivity index (χ1n) is 8.62. The van der Waals surface area contributed by atoms with Crippen molar-refractivity contribution in [3.8, 4) is 11.6 Å². The SMILES string of the molecule is Cc1ccc(C(=O)Nc2ccccc2Cc2nc(-c3ccco3)no2)cc1F. The highest BCUT2D eigenvalue weighted by Crippen LogP contribution is 2.22. The lowest BCUT2D eigenvalue weighted by Crippen LogP contribution is -2.14. The molecule has 7 heteroatoms. The molecule has 1 amide bonds. The number of rotatable bonds is 5. The highest BCUT2D eigenvalue weighted by atomic mass is 19.1. The van der Waals surface area contributed by atoms with Crippen molar-refractivity contribution in [2.24, 2.45) is 0 Å². The molecule has 140 valence electrons. The van der Waals surface area contributed by atoms with Crippen LogP contribution in [0.5, 0.6) is 0 Å². The molecular formula is C21H16FN3O3. The number of hydrogen-bond donors (Lipinski definition) is 1. The van der Waals surface area contributed by atoms with Crippen LogP contribution in [-0.2, 0) is 6.42 Å². The van der Waals surface area contributed by atoms with Crippen molar-refractivity contribution < 1.29 is 18.1 Å². The van der Waals surface area contributed by atoms with Gasteiger partial charge in [-0.1, -0.05) is 29.4 Å². The predicted molar refractivity (Wildman–Crippen MR) is 100 cm³/mol. The number of benzene rings is 2. The summed E-state index contributed by atoms with van der Waals surface area (Å²) in [6.07, 6.45) is 1.86. The second-order valence-corrected chi connectivity index (χ2v) is 6.24. The molecule has 0 bridgehead atoms. The van der Waals surface area contributed by atoms with Crippen molar-refractivity contribution in [3.63, 3.8) is 0 Å². The van der Waals surface area contributed by atoms with Gasteiger partial charge in [-0.2, -0.15) is 4.98 Å². The van der Waals surface area contributed by atoms with Gasteiger partial charge >= 0.3 is 0 Å². The minimum Gasteiger partial charge on any atom is -0.461 e. The molecule has 0 unspecified atom stereocenters. The van der Waals surface area contributed by atoms with Crippen LogP contribution in [0.25, 0.3) is 11.6 Å². The molecule has 0 saturated carbocycles. The molecule has 4 aromatic rings. The van der Waals surface area contributed by atoms with E-state index in [4.69, 9.17) is 8.94 Å². The van der Waals surface area contributed by atoms with E-state index in [0.29, 0.717) is 35.1 Å². The molecule has 0 aliphatic rings. The summed E-state index contributed by atoms with van der Waals surface area (Å²) in [4.78, 5) is 16.8. The van der Waals surface area contributed by atoms with E-state index in [-0.39, 0.29) is 5.56 Å². The zero-order chi connectivity index (χ0) is 19.5. The maximum atomic E-state index is 13.7. The van der Waals surface area contributed by atoms with Crippen LogP contribution in [0.2, 0.25) is 0 Å². The summed E-state index contributed by atoms with van der Waals surface area (Å²) in [5.74, 6) is 0.439. The molecule has 0 spiro atoms. The summed E-state index contributed by atoms with van der Waals surface area (Å²) in [6.45, 7) is 1.65. The lowest BCUT2D eigenvalue weighted by molar-refractivity contribution is 0.102. The molecule has 4 rings (SSSR count). The van der Waals surface area contributed by atoms with E-state index in [1.54, 1.807) is 43.3 Å². The van der Waals surface area contributed by atoms with Crippen molar-refractivity contribution in [2.75, 3.05) is 5.32 Å². The number of aryl methyl sites for hydroxylation is 1. The topological polar surface area (TPSA) is 81.2 Å². The fraction of sp³-hybridized carbons (Fsp3) is 0.0952. The number of para-hydroxylation sites is 1. The van der Waals surface area contributed by atoms with Crippen LogP contribution in [0.4, 0.5) is 10.1 Å². The van der Waals surface area contributed by atoms with Crippen molar-refractivity contribution in [1.82, 2.24) is 10.1 Å². The fourth-order valence-corrected chi connectivity index (χ4v) is 2.72. The molecule has 2 aromatic heterocycles. The van der Waals surface area contributed by atoms with E-state index in [1.165, 1.54) is 12.3 Å². The van der Waals surface area contributed by atoms with Crippen LogP contribution in [0.1, 0.15) is 27.4 Å². The monoisotopic (exact) mass is 377 g/mol. The van der Waals surface area contributed by atoms with Gasteiger partial charge in [0.1, 0.15) is 5.82 Å². The number of amides is 1. The lowest BCUT2D eigenvalue weighted by Gasteiger charge is -2.10. The van der Waals surface area contributed by atoms with Crippen molar-refractivity contribution in [2.45, 2.75) is 13.3 Å². The van der Waals surface area contributed by atoms with E-state index in [9.17, 15) is 9.18 Å². The number of hydrogen-bond acceptors (Lipinski definition) is 5. The first kappa shape index (κ1) is 17.7. The third-order valence-electron chi connectivity index (χ3n) is 4.25. The minimum atomic E-state index is -0.419. The first-order valence-corrected chi connectivity index (χ1v) is 8.62. The fourth-order valence-electron chi connectivity index (χ4n) is 2.72. The van der Waals surface area contributed by atoms with Crippen LogP contribution in [-0.4, -0.2) is 16.0 Å². The molecule has 0 radical (unpaired) electrons. The molecule has 6 nitrogen and oxygen atoms in total. The molecule has 28 heavy (non-hydrogen) atoms. The van der Waals surface area contributed by atoms with Crippen LogP contribution in [0.3, 0.4) is 0 Å². The van der Waals surface area contributed by atoms with Gasteiger partial charge in [0.2, 0.25) is 11.7 Å². The summed E-state index contributed by atoms with van der Waals surface area (Å²) in [5, 5.41) is 6.72. The van der Waals surface area contributed by atoms with Crippen molar-refractivity contribution in [3.05, 3.63) is 89.3 Å². The second-order valence-electron chi connectivity index (χ2n) is 6.24. The zero-order valence-corrected chi connectivity index (χ0v) is 15.0. The van der Waals surface area contributed by atoms with Crippen molar-refractivity contribution in [1.29, 1.82) is 0 Å².